The number of piperidine rings is 1. The van der Waals surface area contributed by atoms with Crippen LogP contribution in [0.15, 0.2) is 29.6 Å². The third-order valence-corrected chi connectivity index (χ3v) is 7.90. The van der Waals surface area contributed by atoms with E-state index in [4.69, 9.17) is 10.2 Å². The zero-order chi connectivity index (χ0) is 31.9. The highest BCUT2D eigenvalue weighted by molar-refractivity contribution is 7.86. The molecule has 1 aliphatic rings. The number of thiazole rings is 1. The van der Waals surface area contributed by atoms with Crippen molar-refractivity contribution in [1.29, 1.82) is 0 Å². The number of aliphatic hydroxyl groups is 2. The van der Waals surface area contributed by atoms with E-state index in [-0.39, 0.29) is 54.9 Å². The fraction of sp³-hybridized carbons (Fsp3) is 0.423. The lowest BCUT2D eigenvalue weighted by Crippen LogP contribution is -2.43. The molecule has 17 heteroatoms. The van der Waals surface area contributed by atoms with Crippen LogP contribution in [0.3, 0.4) is 0 Å². The van der Waals surface area contributed by atoms with Gasteiger partial charge in [0.05, 0.1) is 25.5 Å². The molecule has 1 saturated heterocycles. The fourth-order valence-electron chi connectivity index (χ4n) is 4.36. The maximum Gasteiger partial charge on any atom is 0.435 e. The molecule has 2 aromatic heterocycles. The molecule has 0 aliphatic carbocycles. The Hall–Kier alpha value is -3.67. The normalized spacial score (nSPS) is 17.1. The minimum atomic E-state index is -4.59. The number of hydrogen-bond acceptors (Lipinski definition) is 11. The van der Waals surface area contributed by atoms with Gasteiger partial charge in [0.15, 0.2) is 12.0 Å². The lowest BCUT2D eigenvalue weighted by atomic mass is 9.92. The van der Waals surface area contributed by atoms with Gasteiger partial charge in [-0.05, 0) is 37.5 Å². The van der Waals surface area contributed by atoms with Crippen LogP contribution in [0.1, 0.15) is 56.9 Å². The molecule has 0 saturated carbocycles. The monoisotopic (exact) mass is 646 g/mol. The Morgan fingerprint density at radius 2 is 1.95 bits per heavy atom. The van der Waals surface area contributed by atoms with Crippen molar-refractivity contribution in [3.8, 4) is 5.75 Å². The van der Waals surface area contributed by atoms with E-state index in [1.165, 1.54) is 29.2 Å². The summed E-state index contributed by atoms with van der Waals surface area (Å²) in [4.78, 5) is 40.6. The number of aryl methyl sites for hydroxylation is 1. The van der Waals surface area contributed by atoms with E-state index in [9.17, 15) is 36.0 Å². The predicted octanol–water partition coefficient (Wildman–Crippen LogP) is 2.67. The molecular weight excluding hydrogens is 617 g/mol. The first-order chi connectivity index (χ1) is 20.2. The summed E-state index contributed by atoms with van der Waals surface area (Å²) < 4.78 is 66.0. The van der Waals surface area contributed by atoms with Crippen molar-refractivity contribution in [2.24, 2.45) is 5.92 Å². The summed E-state index contributed by atoms with van der Waals surface area (Å²) >= 11 is 1.21. The Balaban J connectivity index is 0.000000285. The van der Waals surface area contributed by atoms with Crippen LogP contribution in [-0.4, -0.2) is 69.6 Å². The predicted molar refractivity (Wildman–Crippen MR) is 146 cm³/mol. The summed E-state index contributed by atoms with van der Waals surface area (Å²) in [6.07, 6.45) is -1.43. The summed E-state index contributed by atoms with van der Waals surface area (Å²) in [6.45, 7) is 0.701. The minimum Gasteiger partial charge on any atom is -0.392 e. The van der Waals surface area contributed by atoms with Gasteiger partial charge in [0.2, 0.25) is 5.91 Å². The number of carbonyl (C=O) groups is 3. The average Bonchev–Trinajstić information content (AvgIpc) is 3.58. The van der Waals surface area contributed by atoms with Gasteiger partial charge in [-0.1, -0.05) is 12.1 Å². The van der Waals surface area contributed by atoms with Gasteiger partial charge in [-0.3, -0.25) is 14.3 Å². The van der Waals surface area contributed by atoms with Crippen molar-refractivity contribution in [3.05, 3.63) is 62.9 Å². The number of likely N-dealkylation sites (tertiary alicyclic amines) is 1. The van der Waals surface area contributed by atoms with Crippen LogP contribution in [-0.2, 0) is 45.6 Å². The number of benzene rings is 1. The Morgan fingerprint density at radius 3 is 2.49 bits per heavy atom. The molecule has 0 spiro atoms. The van der Waals surface area contributed by atoms with Gasteiger partial charge in [0.25, 0.3) is 0 Å². The number of aliphatic hydroxyl groups excluding tert-OH is 2. The van der Waals surface area contributed by atoms with Gasteiger partial charge >= 0.3 is 16.3 Å². The van der Waals surface area contributed by atoms with Crippen LogP contribution in [0, 0.1) is 12.8 Å². The van der Waals surface area contributed by atoms with Crippen molar-refractivity contribution < 1.29 is 50.4 Å². The summed E-state index contributed by atoms with van der Waals surface area (Å²) in [5, 5.41) is 23.6. The highest BCUT2D eigenvalue weighted by Gasteiger charge is 2.37. The maximum absolute atomic E-state index is 12.8. The summed E-state index contributed by atoms with van der Waals surface area (Å²) in [7, 11) is -3.63. The van der Waals surface area contributed by atoms with Crippen LogP contribution in [0.25, 0.3) is 0 Å². The number of aromatic nitrogens is 3. The molecule has 43 heavy (non-hydrogen) atoms. The van der Waals surface area contributed by atoms with Crippen molar-refractivity contribution in [3.63, 3.8) is 0 Å². The average molecular weight is 647 g/mol. The molecule has 3 aromatic rings. The lowest BCUT2D eigenvalue weighted by molar-refractivity contribution is -0.142. The zero-order valence-electron chi connectivity index (χ0n) is 23.0. The van der Waals surface area contributed by atoms with Crippen molar-refractivity contribution in [2.45, 2.75) is 51.7 Å². The van der Waals surface area contributed by atoms with Crippen LogP contribution in [0.5, 0.6) is 5.75 Å². The fourth-order valence-corrected chi connectivity index (χ4v) is 5.73. The molecule has 0 radical (unpaired) electrons. The number of carbonyl (C=O) groups excluding carboxylic acids is 3. The number of rotatable bonds is 9. The first-order valence-corrected chi connectivity index (χ1v) is 15.4. The van der Waals surface area contributed by atoms with E-state index < -0.39 is 33.9 Å². The second-order valence-electron chi connectivity index (χ2n) is 9.58. The summed E-state index contributed by atoms with van der Waals surface area (Å²) in [5.74, 6) is -0.621. The second-order valence-corrected chi connectivity index (χ2v) is 12.0. The van der Waals surface area contributed by atoms with Crippen molar-refractivity contribution >= 4 is 39.9 Å². The van der Waals surface area contributed by atoms with Gasteiger partial charge in [0, 0.05) is 29.1 Å². The largest absolute Gasteiger partial charge is 0.435 e. The Kier molecular flexibility index (Phi) is 11.2. The molecule has 3 heterocycles. The van der Waals surface area contributed by atoms with Crippen LogP contribution >= 0.6 is 11.3 Å². The molecule has 2 N–H and O–H groups in total. The van der Waals surface area contributed by atoms with E-state index in [0.29, 0.717) is 29.7 Å². The van der Waals surface area contributed by atoms with Crippen LogP contribution in [0.2, 0.25) is 0 Å². The second kappa shape index (κ2) is 14.2. The van der Waals surface area contributed by atoms with Gasteiger partial charge in [-0.2, -0.15) is 26.7 Å². The third-order valence-electron chi connectivity index (χ3n) is 6.46. The smallest absolute Gasteiger partial charge is 0.392 e. The molecule has 1 fully saturated rings. The first-order valence-electron chi connectivity index (χ1n) is 12.7. The topological polar surface area (TPSA) is 169 Å². The Bertz CT molecular complexity index is 1560. The number of alkyl halides is 3. The molecular formula is C26H29F3N4O8S2. The Morgan fingerprint density at radius 1 is 1.23 bits per heavy atom. The number of nitrogens with zero attached hydrogens (tertiary/aromatic N) is 4. The molecule has 1 aromatic carbocycles. The van der Waals surface area contributed by atoms with Crippen LogP contribution in [0.4, 0.5) is 13.2 Å². The van der Waals surface area contributed by atoms with Gasteiger partial charge < -0.3 is 24.1 Å². The summed E-state index contributed by atoms with van der Waals surface area (Å²) in [5.41, 5.74) is 0.129. The van der Waals surface area contributed by atoms with Crippen LogP contribution < -0.4 is 4.18 Å². The molecule has 1 amide bonds. The zero-order valence-corrected chi connectivity index (χ0v) is 24.7. The highest BCUT2D eigenvalue weighted by Crippen LogP contribution is 2.35. The van der Waals surface area contributed by atoms with E-state index in [2.05, 4.69) is 14.3 Å². The van der Waals surface area contributed by atoms with Crippen molar-refractivity contribution in [1.82, 2.24) is 19.7 Å². The van der Waals surface area contributed by atoms with Gasteiger partial charge in [-0.25, -0.2) is 4.98 Å². The van der Waals surface area contributed by atoms with Gasteiger partial charge in [-0.15, -0.1) is 11.3 Å². The summed E-state index contributed by atoms with van der Waals surface area (Å²) in [6, 6.07) is 4.94. The molecule has 0 bridgehead atoms. The standard InChI is InChI=1S/C17H17F3N4O3S.C9H12O5S/c1-10-4-14(17(18,19)20)22-24(10)6-15(27)23-3-2-11(7-25)5-13(23)16-21-12(8-26)9-28-16;1-15(12,13)14-9-4-2-3-7(5-10)8(9)6-11/h4,7-9,11,13H,2-3,5-6H2,1H3;2-4,10-11H,5-6H2,1H3. The van der Waals surface area contributed by atoms with Gasteiger partial charge in [0.1, 0.15) is 29.3 Å². The quantitative estimate of drug-likeness (QED) is 0.260. The Labute approximate surface area is 248 Å². The van der Waals surface area contributed by atoms with E-state index in [0.717, 1.165) is 23.3 Å². The molecule has 2 atom stereocenters. The number of aldehydes is 2. The molecule has 12 nitrogen and oxygen atoms in total. The number of amides is 1. The SMILES string of the molecule is CS(=O)(=O)Oc1cccc(CO)c1CO.Cc1cc(C(F)(F)F)nn1CC(=O)N1CCC(C=O)CC1c1nc(C=O)cs1. The van der Waals surface area contributed by atoms with E-state index >= 15 is 0 Å². The minimum absolute atomic E-state index is 0.0477. The lowest BCUT2D eigenvalue weighted by Gasteiger charge is -2.37. The first kappa shape index (κ1) is 33.8. The molecule has 2 unspecified atom stereocenters. The van der Waals surface area contributed by atoms with Crippen molar-refractivity contribution in [2.75, 3.05) is 12.8 Å². The number of halogens is 3. The molecule has 1 aliphatic heterocycles. The van der Waals surface area contributed by atoms with E-state index in [1.54, 1.807) is 17.5 Å². The van der Waals surface area contributed by atoms with E-state index in [1.807, 2.05) is 0 Å². The number of hydrogen-bond donors (Lipinski definition) is 2. The maximum atomic E-state index is 12.8. The highest BCUT2D eigenvalue weighted by atomic mass is 32.2. The molecule has 234 valence electrons. The third kappa shape index (κ3) is 8.92. The molecule has 4 rings (SSSR count).